The molecule has 0 spiro atoms. The summed E-state index contributed by atoms with van der Waals surface area (Å²) in [6, 6.07) is 3.84. The molecular formula is C10H12O3S. The second kappa shape index (κ2) is 6.21. The molecule has 0 N–H and O–H groups in total. The first-order chi connectivity index (χ1) is 6.83. The van der Waals surface area contributed by atoms with E-state index in [9.17, 15) is 4.79 Å². The summed E-state index contributed by atoms with van der Waals surface area (Å²) in [7, 11) is 0. The quantitative estimate of drug-likeness (QED) is 0.427. The Labute approximate surface area is 87.0 Å². The van der Waals surface area contributed by atoms with Crippen LogP contribution in [0.4, 0.5) is 0 Å². The van der Waals surface area contributed by atoms with Crippen molar-refractivity contribution >= 4 is 17.3 Å². The van der Waals surface area contributed by atoms with Crippen LogP contribution in [0.1, 0.15) is 11.8 Å². The van der Waals surface area contributed by atoms with Crippen molar-refractivity contribution in [1.29, 1.82) is 0 Å². The highest BCUT2D eigenvalue weighted by molar-refractivity contribution is 7.09. The summed E-state index contributed by atoms with van der Waals surface area (Å²) in [5, 5.41) is 1.94. The lowest BCUT2D eigenvalue weighted by molar-refractivity contribution is -0.139. The van der Waals surface area contributed by atoms with Crippen molar-refractivity contribution in [2.75, 3.05) is 6.61 Å². The van der Waals surface area contributed by atoms with Crippen LogP contribution < -0.4 is 0 Å². The van der Waals surface area contributed by atoms with Crippen molar-refractivity contribution in [3.05, 3.63) is 34.7 Å². The summed E-state index contributed by atoms with van der Waals surface area (Å²) >= 11 is 1.56. The lowest BCUT2D eigenvalue weighted by Gasteiger charge is -1.98. The van der Waals surface area contributed by atoms with Crippen LogP contribution in [0.25, 0.3) is 0 Å². The second-order valence-corrected chi connectivity index (χ2v) is 3.48. The molecule has 0 atom stereocenters. The molecule has 0 fully saturated rings. The summed E-state index contributed by atoms with van der Waals surface area (Å²) in [6.07, 6.45) is 2.62. The Hall–Kier alpha value is -1.29. The van der Waals surface area contributed by atoms with Crippen molar-refractivity contribution in [1.82, 2.24) is 0 Å². The number of carbonyl (C=O) groups is 1. The van der Waals surface area contributed by atoms with E-state index in [0.717, 1.165) is 4.88 Å². The monoisotopic (exact) mass is 212 g/mol. The van der Waals surface area contributed by atoms with Gasteiger partial charge >= 0.3 is 5.97 Å². The lowest BCUT2D eigenvalue weighted by atomic mass is 10.5. The standard InChI is InChI=1S/C10H12O3S/c1-2-12-6-5-10(11)13-8-9-4-3-7-14-9/h3-7H,2,8H2,1H3/b6-5+. The maximum Gasteiger partial charge on any atom is 0.334 e. The first-order valence-corrected chi connectivity index (χ1v) is 5.18. The van der Waals surface area contributed by atoms with E-state index in [1.165, 1.54) is 12.3 Å². The Morgan fingerprint density at radius 2 is 2.50 bits per heavy atom. The Morgan fingerprint density at radius 3 is 3.14 bits per heavy atom. The molecule has 1 aromatic heterocycles. The van der Waals surface area contributed by atoms with E-state index in [-0.39, 0.29) is 5.97 Å². The van der Waals surface area contributed by atoms with Crippen molar-refractivity contribution in [2.45, 2.75) is 13.5 Å². The van der Waals surface area contributed by atoms with Gasteiger partial charge in [-0.25, -0.2) is 4.79 Å². The summed E-state index contributed by atoms with van der Waals surface area (Å²) in [5.41, 5.74) is 0. The molecule has 1 rings (SSSR count). The van der Waals surface area contributed by atoms with Crippen LogP contribution in [0.2, 0.25) is 0 Å². The largest absolute Gasteiger partial charge is 0.501 e. The van der Waals surface area contributed by atoms with Crippen molar-refractivity contribution in [3.8, 4) is 0 Å². The molecule has 0 aromatic carbocycles. The minimum Gasteiger partial charge on any atom is -0.501 e. The Morgan fingerprint density at radius 1 is 1.64 bits per heavy atom. The normalized spacial score (nSPS) is 10.4. The number of hydrogen-bond acceptors (Lipinski definition) is 4. The fraction of sp³-hybridized carbons (Fsp3) is 0.300. The zero-order chi connectivity index (χ0) is 10.2. The summed E-state index contributed by atoms with van der Waals surface area (Å²) in [6.45, 7) is 2.73. The van der Waals surface area contributed by atoms with Gasteiger partial charge in [-0.15, -0.1) is 11.3 Å². The molecule has 0 bridgehead atoms. The maximum atomic E-state index is 11.0. The summed E-state index contributed by atoms with van der Waals surface area (Å²) in [4.78, 5) is 12.1. The Kier molecular flexibility index (Phi) is 4.78. The predicted molar refractivity (Wildman–Crippen MR) is 54.9 cm³/mol. The fourth-order valence-electron chi connectivity index (χ4n) is 0.785. The molecule has 76 valence electrons. The van der Waals surface area contributed by atoms with E-state index in [1.54, 1.807) is 11.3 Å². The van der Waals surface area contributed by atoms with Crippen LogP contribution >= 0.6 is 11.3 Å². The van der Waals surface area contributed by atoms with E-state index in [0.29, 0.717) is 13.2 Å². The topological polar surface area (TPSA) is 35.5 Å². The maximum absolute atomic E-state index is 11.0. The number of hydrogen-bond donors (Lipinski definition) is 0. The zero-order valence-electron chi connectivity index (χ0n) is 7.93. The number of ether oxygens (including phenoxy) is 2. The summed E-state index contributed by atoms with van der Waals surface area (Å²) < 4.78 is 9.80. The van der Waals surface area contributed by atoms with Gasteiger partial charge in [0.2, 0.25) is 0 Å². The van der Waals surface area contributed by atoms with Gasteiger partial charge in [-0.05, 0) is 18.4 Å². The van der Waals surface area contributed by atoms with Crippen LogP contribution in [-0.4, -0.2) is 12.6 Å². The third kappa shape index (κ3) is 4.09. The predicted octanol–water partition coefficient (Wildman–Crippen LogP) is 2.34. The van der Waals surface area contributed by atoms with Crippen molar-refractivity contribution in [2.24, 2.45) is 0 Å². The highest BCUT2D eigenvalue weighted by Crippen LogP contribution is 2.09. The molecule has 0 unspecified atom stereocenters. The smallest absolute Gasteiger partial charge is 0.334 e. The van der Waals surface area contributed by atoms with Crippen LogP contribution in [0, 0.1) is 0 Å². The molecule has 0 radical (unpaired) electrons. The molecule has 0 aliphatic heterocycles. The van der Waals surface area contributed by atoms with Crippen molar-refractivity contribution in [3.63, 3.8) is 0 Å². The first kappa shape index (κ1) is 10.8. The highest BCUT2D eigenvalue weighted by Gasteiger charge is 1.98. The Bertz CT molecular complexity index is 290. The summed E-state index contributed by atoms with van der Waals surface area (Å²) in [5.74, 6) is -0.383. The van der Waals surface area contributed by atoms with Gasteiger partial charge in [-0.2, -0.15) is 0 Å². The highest BCUT2D eigenvalue weighted by atomic mass is 32.1. The van der Waals surface area contributed by atoms with Gasteiger partial charge in [0, 0.05) is 4.88 Å². The number of carbonyl (C=O) groups excluding carboxylic acids is 1. The van der Waals surface area contributed by atoms with Gasteiger partial charge < -0.3 is 9.47 Å². The third-order valence-electron chi connectivity index (χ3n) is 1.40. The first-order valence-electron chi connectivity index (χ1n) is 4.30. The molecule has 14 heavy (non-hydrogen) atoms. The number of thiophene rings is 1. The minimum absolute atomic E-state index is 0.326. The zero-order valence-corrected chi connectivity index (χ0v) is 8.75. The van der Waals surface area contributed by atoms with Crippen molar-refractivity contribution < 1.29 is 14.3 Å². The van der Waals surface area contributed by atoms with E-state index in [2.05, 4.69) is 0 Å². The van der Waals surface area contributed by atoms with E-state index < -0.39 is 0 Å². The molecule has 0 aliphatic rings. The molecule has 1 heterocycles. The molecule has 0 saturated heterocycles. The fourth-order valence-corrected chi connectivity index (χ4v) is 1.40. The van der Waals surface area contributed by atoms with Crippen LogP contribution in [0.3, 0.4) is 0 Å². The van der Waals surface area contributed by atoms with Gasteiger partial charge in [0.25, 0.3) is 0 Å². The molecule has 0 aliphatic carbocycles. The number of esters is 1. The molecule has 1 aromatic rings. The molecule has 4 heteroatoms. The molecule has 3 nitrogen and oxygen atoms in total. The molecule has 0 amide bonds. The van der Waals surface area contributed by atoms with Crippen LogP contribution in [-0.2, 0) is 20.9 Å². The van der Waals surface area contributed by atoms with Gasteiger partial charge in [-0.3, -0.25) is 0 Å². The van der Waals surface area contributed by atoms with Crippen LogP contribution in [0.15, 0.2) is 29.9 Å². The minimum atomic E-state index is -0.383. The Balaban J connectivity index is 2.21. The average Bonchev–Trinajstić information content (AvgIpc) is 2.68. The lowest BCUT2D eigenvalue weighted by Crippen LogP contribution is -1.99. The molecule has 0 saturated carbocycles. The van der Waals surface area contributed by atoms with E-state index in [1.807, 2.05) is 24.4 Å². The second-order valence-electron chi connectivity index (χ2n) is 2.45. The van der Waals surface area contributed by atoms with Gasteiger partial charge in [0.1, 0.15) is 6.61 Å². The molecular weight excluding hydrogens is 200 g/mol. The van der Waals surface area contributed by atoms with Gasteiger partial charge in [0.15, 0.2) is 0 Å². The average molecular weight is 212 g/mol. The van der Waals surface area contributed by atoms with Gasteiger partial charge in [0.05, 0.1) is 18.9 Å². The van der Waals surface area contributed by atoms with E-state index >= 15 is 0 Å². The van der Waals surface area contributed by atoms with E-state index in [4.69, 9.17) is 9.47 Å². The van der Waals surface area contributed by atoms with Crippen LogP contribution in [0.5, 0.6) is 0 Å². The third-order valence-corrected chi connectivity index (χ3v) is 2.25. The number of rotatable bonds is 5. The van der Waals surface area contributed by atoms with Gasteiger partial charge in [-0.1, -0.05) is 6.07 Å². The SMILES string of the molecule is CCO/C=C/C(=O)OCc1cccs1.